The fraction of sp³-hybridized carbons (Fsp3) is 0.0833. The molecule has 26 heteroatoms. The third-order valence-electron chi connectivity index (χ3n) is 6.11. The van der Waals surface area contributed by atoms with Crippen LogP contribution in [0.1, 0.15) is 11.1 Å². The van der Waals surface area contributed by atoms with E-state index < -0.39 is 105 Å². The van der Waals surface area contributed by atoms with E-state index in [0.717, 1.165) is 24.3 Å². The minimum atomic E-state index is -5.33. The van der Waals surface area contributed by atoms with Crippen LogP contribution in [0.15, 0.2) is 88.6 Å². The summed E-state index contributed by atoms with van der Waals surface area (Å²) in [5.41, 5.74) is -2.61. The molecule has 4 aromatic rings. The van der Waals surface area contributed by atoms with E-state index in [4.69, 9.17) is 0 Å². The van der Waals surface area contributed by atoms with Gasteiger partial charge >= 0.3 is 0 Å². The van der Waals surface area contributed by atoms with E-state index in [0.29, 0.717) is 23.3 Å². The standard InChI is InChI=1S/C24H20N4O14S4.4Na/c1-11-3-5-14(16(7-11)43(31,32)33)25-27-21-18(45(37,38)39)9-13-10-19(46(40,41)42)22(24(30)20(13)23(21)29)28-26-15-6-4-12(2)8-17(15)44(34,35)36;;;;/h3-10,29-30H,1-2H3,(H,31,32,33)(H,34,35,36)(H,37,38,39)(H,40,41,42);;;;. The monoisotopic (exact) mass is 808 g/mol. The molecule has 248 valence electrons. The molecule has 4 rings (SSSR count). The van der Waals surface area contributed by atoms with Gasteiger partial charge in [-0.2, -0.15) is 33.7 Å². The number of phenols is 2. The molecule has 4 aromatic carbocycles. The molecule has 0 aliphatic rings. The first kappa shape index (κ1) is 49.6. The topological polar surface area (TPSA) is 307 Å². The molecule has 0 aliphatic heterocycles. The van der Waals surface area contributed by atoms with Crippen LogP contribution in [0.4, 0.5) is 22.7 Å². The van der Waals surface area contributed by atoms with E-state index in [1.165, 1.54) is 26.0 Å². The van der Waals surface area contributed by atoms with Gasteiger partial charge in [0.15, 0.2) is 11.5 Å². The zero-order valence-corrected chi connectivity index (χ0v) is 38.3. The molecule has 6 N–H and O–H groups in total. The zero-order valence-electron chi connectivity index (χ0n) is 27.0. The molecule has 0 fully saturated rings. The average Bonchev–Trinajstić information content (AvgIpc) is 2.90. The van der Waals surface area contributed by atoms with Crippen LogP contribution in [0, 0.1) is 13.8 Å². The van der Waals surface area contributed by atoms with Gasteiger partial charge in [-0.3, -0.25) is 18.2 Å². The van der Waals surface area contributed by atoms with Crippen LogP contribution in [-0.4, -0.2) is 180 Å². The number of phenolic OH excluding ortho intramolecular Hbond substituents is 2. The molecule has 0 aromatic heterocycles. The molecule has 0 unspecified atom stereocenters. The van der Waals surface area contributed by atoms with Crippen molar-refractivity contribution in [1.29, 1.82) is 0 Å². The van der Waals surface area contributed by atoms with E-state index >= 15 is 0 Å². The van der Waals surface area contributed by atoms with Gasteiger partial charge < -0.3 is 10.2 Å². The van der Waals surface area contributed by atoms with Crippen LogP contribution in [0.3, 0.4) is 0 Å². The second-order valence-corrected chi connectivity index (χ2v) is 15.0. The quantitative estimate of drug-likeness (QED) is 0.0847. The Labute approximate surface area is 374 Å². The molecule has 0 atom stereocenters. The van der Waals surface area contributed by atoms with Crippen LogP contribution in [0.2, 0.25) is 0 Å². The summed E-state index contributed by atoms with van der Waals surface area (Å²) in [7, 11) is -20.5. The van der Waals surface area contributed by atoms with E-state index in [2.05, 4.69) is 20.5 Å². The van der Waals surface area contributed by atoms with Crippen molar-refractivity contribution in [2.75, 3.05) is 0 Å². The van der Waals surface area contributed by atoms with Crippen molar-refractivity contribution in [3.8, 4) is 11.5 Å². The van der Waals surface area contributed by atoms with Crippen molar-refractivity contribution in [2.45, 2.75) is 33.4 Å². The number of azo groups is 2. The predicted octanol–water partition coefficient (Wildman–Crippen LogP) is 3.16. The van der Waals surface area contributed by atoms with Crippen molar-refractivity contribution in [2.24, 2.45) is 20.5 Å². The van der Waals surface area contributed by atoms with Crippen molar-refractivity contribution in [1.82, 2.24) is 0 Å². The van der Waals surface area contributed by atoms with Crippen molar-refractivity contribution in [3.05, 3.63) is 59.7 Å². The van der Waals surface area contributed by atoms with Gasteiger partial charge in [0.25, 0.3) is 40.5 Å². The molecule has 0 amide bonds. The predicted molar refractivity (Wildman–Crippen MR) is 180 cm³/mol. The van der Waals surface area contributed by atoms with Gasteiger partial charge in [-0.25, -0.2) is 0 Å². The maximum atomic E-state index is 12.2. The molecule has 18 nitrogen and oxygen atoms in total. The first-order chi connectivity index (χ1) is 21.0. The van der Waals surface area contributed by atoms with Gasteiger partial charge in [0, 0.05) is 118 Å². The van der Waals surface area contributed by atoms with Crippen molar-refractivity contribution < 1.29 is 62.1 Å². The van der Waals surface area contributed by atoms with Crippen LogP contribution in [0.25, 0.3) is 10.8 Å². The Morgan fingerprint density at radius 1 is 0.460 bits per heavy atom. The van der Waals surface area contributed by atoms with Crippen LogP contribution in [0.5, 0.6) is 11.5 Å². The Bertz CT molecular complexity index is 2310. The van der Waals surface area contributed by atoms with E-state index in [1.54, 1.807) is 0 Å². The van der Waals surface area contributed by atoms with Gasteiger partial charge in [0.2, 0.25) is 0 Å². The molecule has 0 heterocycles. The molecule has 0 aliphatic carbocycles. The fourth-order valence-corrected chi connectivity index (χ4v) is 6.81. The largest absolute Gasteiger partial charge is 0.505 e. The number of fused-ring (bicyclic) bond motifs is 1. The molecule has 0 saturated heterocycles. The molecule has 4 radical (unpaired) electrons. The fourth-order valence-electron chi connectivity index (χ4n) is 4.08. The van der Waals surface area contributed by atoms with Gasteiger partial charge in [-0.15, -0.1) is 20.5 Å². The molecular formula is C24H20N4Na4O14S4. The smallest absolute Gasteiger partial charge is 0.296 e. The number of hydrogen-bond donors (Lipinski definition) is 6. The first-order valence-electron chi connectivity index (χ1n) is 12.0. The van der Waals surface area contributed by atoms with Crippen molar-refractivity contribution >= 4 is 192 Å². The maximum absolute atomic E-state index is 12.2. The van der Waals surface area contributed by atoms with Gasteiger partial charge in [-0.05, 0) is 66.8 Å². The number of nitrogens with zero attached hydrogens (tertiary/aromatic N) is 4. The summed E-state index contributed by atoms with van der Waals surface area (Å²) in [6, 6.07) is 7.83. The third-order valence-corrected chi connectivity index (χ3v) is 9.61. The minimum absolute atomic E-state index is 0. The second-order valence-electron chi connectivity index (χ2n) is 9.48. The summed E-state index contributed by atoms with van der Waals surface area (Å²) < 4.78 is 135. The number of rotatable bonds is 8. The van der Waals surface area contributed by atoms with Crippen molar-refractivity contribution in [3.63, 3.8) is 0 Å². The summed E-state index contributed by atoms with van der Waals surface area (Å²) in [5, 5.41) is 34.8. The SMILES string of the molecule is Cc1ccc(N=Nc2c(S(=O)(=O)O)cc3cc(S(=O)(=O)O)c(N=Nc4ccc(C)cc4S(=O)(=O)O)c(O)c3c2O)c(S(=O)(=O)O)c1.[Na].[Na].[Na].[Na]. The van der Waals surface area contributed by atoms with E-state index in [1.807, 2.05) is 0 Å². The summed E-state index contributed by atoms with van der Waals surface area (Å²) in [5.74, 6) is -2.58. The minimum Gasteiger partial charge on any atom is -0.505 e. The van der Waals surface area contributed by atoms with Crippen LogP contribution >= 0.6 is 0 Å². The zero-order chi connectivity index (χ0) is 34.6. The normalized spacial score (nSPS) is 12.2. The molecule has 50 heavy (non-hydrogen) atoms. The summed E-state index contributed by atoms with van der Waals surface area (Å²) in [4.78, 5) is -3.99. The second kappa shape index (κ2) is 18.3. The molecular weight excluding hydrogens is 789 g/mol. The number of aromatic hydroxyl groups is 2. The third kappa shape index (κ3) is 11.3. The Kier molecular flexibility index (Phi) is 18.1. The average molecular weight is 809 g/mol. The van der Waals surface area contributed by atoms with E-state index in [9.17, 15) is 62.1 Å². The number of hydrogen-bond acceptors (Lipinski definition) is 14. The van der Waals surface area contributed by atoms with Gasteiger partial charge in [-0.1, -0.05) is 12.1 Å². The number of aryl methyl sites for hydroxylation is 2. The van der Waals surface area contributed by atoms with Gasteiger partial charge in [0.05, 0.1) is 5.39 Å². The molecule has 0 spiro atoms. The first-order valence-corrected chi connectivity index (χ1v) is 17.8. The molecule has 0 saturated carbocycles. The Morgan fingerprint density at radius 2 is 0.760 bits per heavy atom. The summed E-state index contributed by atoms with van der Waals surface area (Å²) >= 11 is 0. The Hall–Kier alpha value is -0.420. The van der Waals surface area contributed by atoms with Crippen LogP contribution in [-0.2, 0) is 40.5 Å². The summed E-state index contributed by atoms with van der Waals surface area (Å²) in [6.45, 7) is 2.95. The maximum Gasteiger partial charge on any atom is 0.296 e. The number of benzene rings is 4. The Morgan fingerprint density at radius 3 is 1.04 bits per heavy atom. The van der Waals surface area contributed by atoms with Crippen LogP contribution < -0.4 is 0 Å². The van der Waals surface area contributed by atoms with Gasteiger partial charge in [0.1, 0.15) is 42.3 Å². The summed E-state index contributed by atoms with van der Waals surface area (Å²) in [6.07, 6.45) is 0. The Balaban J connectivity index is 0.00000600. The molecule has 0 bridgehead atoms. The van der Waals surface area contributed by atoms with E-state index in [-0.39, 0.29) is 118 Å².